The summed E-state index contributed by atoms with van der Waals surface area (Å²) in [4.78, 5) is 11.9. The molecule has 0 amide bonds. The summed E-state index contributed by atoms with van der Waals surface area (Å²) >= 11 is 6.04. The molecule has 0 unspecified atom stereocenters. The number of hydrogen-bond donors (Lipinski definition) is 2. The van der Waals surface area contributed by atoms with Crippen molar-refractivity contribution in [2.75, 3.05) is 12.3 Å². The Kier molecular flexibility index (Phi) is 4.55. The van der Waals surface area contributed by atoms with Crippen molar-refractivity contribution < 1.29 is 4.79 Å². The Hall–Kier alpha value is -1.84. The molecule has 0 aliphatic heterocycles. The van der Waals surface area contributed by atoms with Gasteiger partial charge >= 0.3 is 0 Å². The molecular formula is C15H15ClN2O. The first-order chi connectivity index (χ1) is 9.16. The van der Waals surface area contributed by atoms with Gasteiger partial charge in [0.15, 0.2) is 5.78 Å². The van der Waals surface area contributed by atoms with Gasteiger partial charge in [-0.2, -0.15) is 0 Å². The zero-order valence-corrected chi connectivity index (χ0v) is 11.2. The number of nitrogen functional groups attached to an aromatic ring is 1. The van der Waals surface area contributed by atoms with Crippen LogP contribution in [0.1, 0.15) is 15.9 Å². The molecule has 2 aromatic carbocycles. The van der Waals surface area contributed by atoms with E-state index in [-0.39, 0.29) is 12.3 Å². The fourth-order valence-corrected chi connectivity index (χ4v) is 1.97. The van der Waals surface area contributed by atoms with Crippen LogP contribution in [-0.2, 0) is 6.54 Å². The summed E-state index contributed by atoms with van der Waals surface area (Å²) in [6.07, 6.45) is 0. The average Bonchev–Trinajstić information content (AvgIpc) is 2.41. The van der Waals surface area contributed by atoms with Gasteiger partial charge in [-0.15, -0.1) is 0 Å². The Balaban J connectivity index is 1.90. The first-order valence-electron chi connectivity index (χ1n) is 5.99. The van der Waals surface area contributed by atoms with Crippen molar-refractivity contribution in [3.05, 3.63) is 64.7 Å². The van der Waals surface area contributed by atoms with Crippen LogP contribution in [0.5, 0.6) is 0 Å². The first-order valence-corrected chi connectivity index (χ1v) is 6.37. The van der Waals surface area contributed by atoms with Gasteiger partial charge in [0, 0.05) is 22.8 Å². The number of hydrogen-bond acceptors (Lipinski definition) is 3. The van der Waals surface area contributed by atoms with Gasteiger partial charge in [-0.1, -0.05) is 41.9 Å². The van der Waals surface area contributed by atoms with Gasteiger partial charge in [0.2, 0.25) is 0 Å². The standard InChI is InChI=1S/C15H15ClN2O/c16-14-7-2-1-4-12(14)9-18-10-15(19)11-5-3-6-13(17)8-11/h1-8,18H,9-10,17H2. The van der Waals surface area contributed by atoms with Crippen LogP contribution < -0.4 is 11.1 Å². The van der Waals surface area contributed by atoms with Gasteiger partial charge in [-0.25, -0.2) is 0 Å². The number of nitrogens with two attached hydrogens (primary N) is 1. The Morgan fingerprint density at radius 1 is 1.16 bits per heavy atom. The minimum absolute atomic E-state index is 0.0133. The lowest BCUT2D eigenvalue weighted by molar-refractivity contribution is 0.0991. The summed E-state index contributed by atoms with van der Waals surface area (Å²) in [5.74, 6) is 0.0133. The van der Waals surface area contributed by atoms with E-state index in [1.807, 2.05) is 24.3 Å². The van der Waals surface area contributed by atoms with Crippen LogP contribution in [0.25, 0.3) is 0 Å². The van der Waals surface area contributed by atoms with Gasteiger partial charge in [0.1, 0.15) is 0 Å². The van der Waals surface area contributed by atoms with E-state index in [1.165, 1.54) is 0 Å². The molecular weight excluding hydrogens is 260 g/mol. The lowest BCUT2D eigenvalue weighted by Gasteiger charge is -2.06. The Morgan fingerprint density at radius 3 is 2.68 bits per heavy atom. The van der Waals surface area contributed by atoms with Gasteiger partial charge < -0.3 is 11.1 Å². The SMILES string of the molecule is Nc1cccc(C(=O)CNCc2ccccc2Cl)c1. The molecule has 0 bridgehead atoms. The maximum Gasteiger partial charge on any atom is 0.176 e. The smallest absolute Gasteiger partial charge is 0.176 e. The summed E-state index contributed by atoms with van der Waals surface area (Å²) in [7, 11) is 0. The van der Waals surface area contributed by atoms with Crippen molar-refractivity contribution >= 4 is 23.1 Å². The number of rotatable bonds is 5. The van der Waals surface area contributed by atoms with Crippen LogP contribution in [0, 0.1) is 0 Å². The van der Waals surface area contributed by atoms with Crippen molar-refractivity contribution in [1.82, 2.24) is 5.32 Å². The van der Waals surface area contributed by atoms with Crippen molar-refractivity contribution in [3.8, 4) is 0 Å². The van der Waals surface area contributed by atoms with Gasteiger partial charge in [0.05, 0.1) is 6.54 Å². The highest BCUT2D eigenvalue weighted by Gasteiger charge is 2.06. The third-order valence-electron chi connectivity index (χ3n) is 2.77. The lowest BCUT2D eigenvalue weighted by atomic mass is 10.1. The van der Waals surface area contributed by atoms with Crippen LogP contribution in [0.3, 0.4) is 0 Å². The summed E-state index contributed by atoms with van der Waals surface area (Å²) in [5.41, 5.74) is 7.83. The Labute approximate surface area is 117 Å². The first kappa shape index (κ1) is 13.6. The molecule has 2 rings (SSSR count). The molecule has 4 heteroatoms. The highest BCUT2D eigenvalue weighted by Crippen LogP contribution is 2.14. The third-order valence-corrected chi connectivity index (χ3v) is 3.14. The predicted octanol–water partition coefficient (Wildman–Crippen LogP) is 2.89. The molecule has 0 aromatic heterocycles. The molecule has 0 aliphatic carbocycles. The molecule has 0 saturated carbocycles. The topological polar surface area (TPSA) is 55.1 Å². The minimum Gasteiger partial charge on any atom is -0.399 e. The number of Topliss-reactive ketones (excluding diaryl/α,β-unsaturated/α-hetero) is 1. The Bertz CT molecular complexity index is 584. The maximum absolute atomic E-state index is 11.9. The second kappa shape index (κ2) is 6.36. The number of carbonyl (C=O) groups is 1. The van der Waals surface area contributed by atoms with Crippen LogP contribution in [0.4, 0.5) is 5.69 Å². The largest absolute Gasteiger partial charge is 0.399 e. The molecule has 0 saturated heterocycles. The number of benzene rings is 2. The summed E-state index contributed by atoms with van der Waals surface area (Å²) in [5, 5.41) is 3.79. The second-order valence-corrected chi connectivity index (χ2v) is 4.65. The van der Waals surface area contributed by atoms with Crippen molar-refractivity contribution in [2.45, 2.75) is 6.54 Å². The Morgan fingerprint density at radius 2 is 1.95 bits per heavy atom. The molecule has 0 spiro atoms. The fraction of sp³-hybridized carbons (Fsp3) is 0.133. The van der Waals surface area contributed by atoms with E-state index < -0.39 is 0 Å². The number of ketones is 1. The molecule has 19 heavy (non-hydrogen) atoms. The summed E-state index contributed by atoms with van der Waals surface area (Å²) < 4.78 is 0. The van der Waals surface area contributed by atoms with Crippen molar-refractivity contribution in [1.29, 1.82) is 0 Å². The van der Waals surface area contributed by atoms with E-state index in [4.69, 9.17) is 17.3 Å². The predicted molar refractivity (Wildman–Crippen MR) is 78.3 cm³/mol. The van der Waals surface area contributed by atoms with Gasteiger partial charge in [-0.05, 0) is 23.8 Å². The molecule has 0 fully saturated rings. The molecule has 3 N–H and O–H groups in total. The monoisotopic (exact) mass is 274 g/mol. The van der Waals surface area contributed by atoms with Gasteiger partial charge in [-0.3, -0.25) is 4.79 Å². The quantitative estimate of drug-likeness (QED) is 0.651. The van der Waals surface area contributed by atoms with E-state index >= 15 is 0 Å². The normalized spacial score (nSPS) is 10.4. The number of halogens is 1. The summed E-state index contributed by atoms with van der Waals surface area (Å²) in [6, 6.07) is 14.5. The maximum atomic E-state index is 11.9. The van der Waals surface area contributed by atoms with E-state index in [9.17, 15) is 4.79 Å². The minimum atomic E-state index is 0.0133. The van der Waals surface area contributed by atoms with E-state index in [1.54, 1.807) is 24.3 Å². The number of nitrogens with one attached hydrogen (secondary N) is 1. The van der Waals surface area contributed by atoms with Crippen molar-refractivity contribution in [3.63, 3.8) is 0 Å². The van der Waals surface area contributed by atoms with E-state index in [0.29, 0.717) is 22.8 Å². The molecule has 98 valence electrons. The molecule has 2 aromatic rings. The van der Waals surface area contributed by atoms with Crippen LogP contribution in [0.2, 0.25) is 5.02 Å². The van der Waals surface area contributed by atoms with Gasteiger partial charge in [0.25, 0.3) is 0 Å². The van der Waals surface area contributed by atoms with Crippen LogP contribution in [-0.4, -0.2) is 12.3 Å². The van der Waals surface area contributed by atoms with Crippen molar-refractivity contribution in [2.24, 2.45) is 0 Å². The molecule has 3 nitrogen and oxygen atoms in total. The molecule has 0 radical (unpaired) electrons. The van der Waals surface area contributed by atoms with Crippen LogP contribution >= 0.6 is 11.6 Å². The fourth-order valence-electron chi connectivity index (χ4n) is 1.77. The third kappa shape index (κ3) is 3.81. The zero-order chi connectivity index (χ0) is 13.7. The lowest BCUT2D eigenvalue weighted by Crippen LogP contribution is -2.22. The molecule has 0 heterocycles. The van der Waals surface area contributed by atoms with E-state index in [0.717, 1.165) is 5.56 Å². The summed E-state index contributed by atoms with van der Waals surface area (Å²) in [6.45, 7) is 0.822. The average molecular weight is 275 g/mol. The molecule has 0 aliphatic rings. The second-order valence-electron chi connectivity index (χ2n) is 4.24. The highest BCUT2D eigenvalue weighted by atomic mass is 35.5. The zero-order valence-electron chi connectivity index (χ0n) is 10.4. The number of anilines is 1. The van der Waals surface area contributed by atoms with Crippen LogP contribution in [0.15, 0.2) is 48.5 Å². The molecule has 0 atom stereocenters. The highest BCUT2D eigenvalue weighted by molar-refractivity contribution is 6.31. The van der Waals surface area contributed by atoms with E-state index in [2.05, 4.69) is 5.32 Å². The number of carbonyl (C=O) groups excluding carboxylic acids is 1.